The van der Waals surface area contributed by atoms with E-state index in [0.717, 1.165) is 0 Å². The van der Waals surface area contributed by atoms with Gasteiger partial charge in [0, 0.05) is 5.69 Å². The van der Waals surface area contributed by atoms with Crippen LogP contribution < -0.4 is 20.1 Å². The Morgan fingerprint density at radius 3 is 2.37 bits per heavy atom. The Kier molecular flexibility index (Phi) is 6.06. The molecular weight excluding hydrogens is 364 g/mol. The van der Waals surface area contributed by atoms with Crippen LogP contribution in [0.3, 0.4) is 0 Å². The summed E-state index contributed by atoms with van der Waals surface area (Å²) in [7, 11) is 1.58. The molecule has 1 heterocycles. The average Bonchev–Trinajstić information content (AvgIpc) is 3.23. The number of para-hydroxylation sites is 2. The number of amides is 2. The summed E-state index contributed by atoms with van der Waals surface area (Å²) in [5, 5.41) is 7.12. The van der Waals surface area contributed by atoms with Crippen molar-refractivity contribution in [2.45, 2.75) is 0 Å². The zero-order valence-electron chi connectivity index (χ0n) is 14.6. The third-order valence-electron chi connectivity index (χ3n) is 3.59. The van der Waals surface area contributed by atoms with E-state index in [1.807, 2.05) is 29.6 Å². The highest BCUT2D eigenvalue weighted by Crippen LogP contribution is 2.31. The van der Waals surface area contributed by atoms with Gasteiger partial charge in [-0.3, -0.25) is 9.59 Å². The van der Waals surface area contributed by atoms with Crippen molar-refractivity contribution in [2.24, 2.45) is 0 Å². The van der Waals surface area contributed by atoms with Gasteiger partial charge in [0.05, 0.1) is 18.5 Å². The average molecular weight is 382 g/mol. The summed E-state index contributed by atoms with van der Waals surface area (Å²) in [4.78, 5) is 24.4. The molecule has 6 nitrogen and oxygen atoms in total. The Morgan fingerprint density at radius 2 is 1.70 bits per heavy atom. The minimum absolute atomic E-state index is 0.101. The number of benzene rings is 2. The first kappa shape index (κ1) is 18.5. The van der Waals surface area contributed by atoms with Crippen LogP contribution >= 0.6 is 11.3 Å². The summed E-state index contributed by atoms with van der Waals surface area (Å²) >= 11 is 1.32. The van der Waals surface area contributed by atoms with E-state index < -0.39 is 0 Å². The maximum absolute atomic E-state index is 12.0. The number of nitrogens with one attached hydrogen (secondary N) is 2. The first-order valence-electron chi connectivity index (χ1n) is 8.18. The number of thiophene rings is 1. The van der Waals surface area contributed by atoms with Gasteiger partial charge in [-0.25, -0.2) is 0 Å². The van der Waals surface area contributed by atoms with Gasteiger partial charge < -0.3 is 20.1 Å². The molecule has 0 saturated heterocycles. The number of ether oxygens (including phenoxy) is 2. The zero-order valence-corrected chi connectivity index (χ0v) is 15.4. The predicted molar refractivity (Wildman–Crippen MR) is 105 cm³/mol. The third-order valence-corrected chi connectivity index (χ3v) is 4.46. The molecule has 0 unspecified atom stereocenters. The SMILES string of the molecule is COc1ccccc1Oc1ccc(NC(=O)CNC(=O)c2cccs2)cc1. The molecule has 0 bridgehead atoms. The van der Waals surface area contributed by atoms with Crippen LogP contribution in [-0.4, -0.2) is 25.5 Å². The molecule has 0 atom stereocenters. The van der Waals surface area contributed by atoms with Crippen molar-refractivity contribution in [1.29, 1.82) is 0 Å². The molecule has 7 heteroatoms. The van der Waals surface area contributed by atoms with Gasteiger partial charge in [0.15, 0.2) is 11.5 Å². The lowest BCUT2D eigenvalue weighted by Crippen LogP contribution is -2.32. The van der Waals surface area contributed by atoms with Gasteiger partial charge in [0.1, 0.15) is 5.75 Å². The van der Waals surface area contributed by atoms with Crippen molar-refractivity contribution in [1.82, 2.24) is 5.32 Å². The van der Waals surface area contributed by atoms with Gasteiger partial charge in [0.25, 0.3) is 5.91 Å². The fraction of sp³-hybridized carbons (Fsp3) is 0.100. The molecule has 2 aromatic carbocycles. The van der Waals surface area contributed by atoms with Crippen LogP contribution in [0, 0.1) is 0 Å². The normalized spacial score (nSPS) is 10.1. The molecule has 2 amide bonds. The lowest BCUT2D eigenvalue weighted by molar-refractivity contribution is -0.115. The number of anilines is 1. The molecule has 138 valence electrons. The molecule has 0 fully saturated rings. The summed E-state index contributed by atoms with van der Waals surface area (Å²) in [6.07, 6.45) is 0. The van der Waals surface area contributed by atoms with Crippen molar-refractivity contribution < 1.29 is 19.1 Å². The molecule has 3 aromatic rings. The van der Waals surface area contributed by atoms with Crippen LogP contribution in [0.4, 0.5) is 5.69 Å². The number of carbonyl (C=O) groups is 2. The van der Waals surface area contributed by atoms with Gasteiger partial charge in [0.2, 0.25) is 5.91 Å². The van der Waals surface area contributed by atoms with Crippen LogP contribution in [0.15, 0.2) is 66.0 Å². The number of hydrogen-bond acceptors (Lipinski definition) is 5. The van der Waals surface area contributed by atoms with Crippen LogP contribution in [0.5, 0.6) is 17.2 Å². The highest BCUT2D eigenvalue weighted by molar-refractivity contribution is 7.12. The van der Waals surface area contributed by atoms with Crippen molar-refractivity contribution in [3.63, 3.8) is 0 Å². The third kappa shape index (κ3) is 5.08. The molecule has 0 radical (unpaired) electrons. The highest BCUT2D eigenvalue weighted by atomic mass is 32.1. The number of carbonyl (C=O) groups excluding carboxylic acids is 2. The second-order valence-electron chi connectivity index (χ2n) is 5.49. The van der Waals surface area contributed by atoms with Gasteiger partial charge in [-0.05, 0) is 47.8 Å². The molecule has 0 aliphatic heterocycles. The topological polar surface area (TPSA) is 76.7 Å². The summed E-state index contributed by atoms with van der Waals surface area (Å²) in [5.74, 6) is 1.28. The first-order valence-corrected chi connectivity index (χ1v) is 9.06. The van der Waals surface area contributed by atoms with E-state index in [-0.39, 0.29) is 18.4 Å². The molecule has 0 saturated carbocycles. The maximum atomic E-state index is 12.0. The van der Waals surface area contributed by atoms with E-state index >= 15 is 0 Å². The maximum Gasteiger partial charge on any atom is 0.261 e. The number of methoxy groups -OCH3 is 1. The lowest BCUT2D eigenvalue weighted by Gasteiger charge is -2.11. The van der Waals surface area contributed by atoms with Gasteiger partial charge >= 0.3 is 0 Å². The minimum Gasteiger partial charge on any atom is -0.493 e. The molecule has 3 rings (SSSR count). The van der Waals surface area contributed by atoms with Crippen LogP contribution in [0.2, 0.25) is 0 Å². The van der Waals surface area contributed by atoms with Crippen molar-refractivity contribution in [3.05, 3.63) is 70.9 Å². The van der Waals surface area contributed by atoms with Crippen molar-refractivity contribution in [3.8, 4) is 17.2 Å². The smallest absolute Gasteiger partial charge is 0.261 e. The molecule has 1 aromatic heterocycles. The largest absolute Gasteiger partial charge is 0.493 e. The van der Waals surface area contributed by atoms with Crippen LogP contribution in [0.1, 0.15) is 9.67 Å². The Morgan fingerprint density at radius 1 is 0.963 bits per heavy atom. The molecule has 0 aliphatic rings. The van der Waals surface area contributed by atoms with E-state index in [0.29, 0.717) is 27.8 Å². The van der Waals surface area contributed by atoms with Crippen LogP contribution in [0.25, 0.3) is 0 Å². The summed E-state index contributed by atoms with van der Waals surface area (Å²) in [5.41, 5.74) is 0.609. The van der Waals surface area contributed by atoms with E-state index in [1.165, 1.54) is 11.3 Å². The highest BCUT2D eigenvalue weighted by Gasteiger charge is 2.09. The molecular formula is C20H18N2O4S. The second-order valence-corrected chi connectivity index (χ2v) is 6.43. The predicted octanol–water partition coefficient (Wildman–Crippen LogP) is 3.92. The second kappa shape index (κ2) is 8.86. The van der Waals surface area contributed by atoms with Gasteiger partial charge in [-0.15, -0.1) is 11.3 Å². The van der Waals surface area contributed by atoms with E-state index in [9.17, 15) is 9.59 Å². The fourth-order valence-corrected chi connectivity index (χ4v) is 2.94. The molecule has 0 aliphatic carbocycles. The Hall–Kier alpha value is -3.32. The van der Waals surface area contributed by atoms with E-state index in [2.05, 4.69) is 10.6 Å². The summed E-state index contributed by atoms with van der Waals surface area (Å²) in [6.45, 7) is -0.101. The Bertz CT molecular complexity index is 908. The van der Waals surface area contributed by atoms with E-state index in [4.69, 9.17) is 9.47 Å². The fourth-order valence-electron chi connectivity index (χ4n) is 2.30. The molecule has 2 N–H and O–H groups in total. The number of hydrogen-bond donors (Lipinski definition) is 2. The molecule has 0 spiro atoms. The van der Waals surface area contributed by atoms with Gasteiger partial charge in [-0.2, -0.15) is 0 Å². The first-order chi connectivity index (χ1) is 13.2. The van der Waals surface area contributed by atoms with Crippen molar-refractivity contribution >= 4 is 28.8 Å². The minimum atomic E-state index is -0.307. The monoisotopic (exact) mass is 382 g/mol. The van der Waals surface area contributed by atoms with Crippen LogP contribution in [-0.2, 0) is 4.79 Å². The summed E-state index contributed by atoms with van der Waals surface area (Å²) < 4.78 is 11.0. The van der Waals surface area contributed by atoms with E-state index in [1.54, 1.807) is 43.5 Å². The standard InChI is InChI=1S/C20H18N2O4S/c1-25-16-5-2-3-6-17(16)26-15-10-8-14(9-11-15)22-19(23)13-21-20(24)18-7-4-12-27-18/h2-12H,13H2,1H3,(H,21,24)(H,22,23). The van der Waals surface area contributed by atoms with Crippen molar-refractivity contribution in [2.75, 3.05) is 19.0 Å². The zero-order chi connectivity index (χ0) is 19.1. The number of rotatable bonds is 7. The quantitative estimate of drug-likeness (QED) is 0.649. The molecule has 27 heavy (non-hydrogen) atoms. The lowest BCUT2D eigenvalue weighted by atomic mass is 10.3. The van der Waals surface area contributed by atoms with Gasteiger partial charge in [-0.1, -0.05) is 18.2 Å². The Balaban J connectivity index is 1.52. The summed E-state index contributed by atoms with van der Waals surface area (Å²) in [6, 6.07) is 17.8. The Labute approximate surface area is 160 Å².